The summed E-state index contributed by atoms with van der Waals surface area (Å²) in [6.07, 6.45) is 1.91. The molecule has 0 saturated carbocycles. The van der Waals surface area contributed by atoms with E-state index in [1.165, 1.54) is 4.31 Å². The van der Waals surface area contributed by atoms with Crippen molar-refractivity contribution >= 4 is 10.2 Å². The minimum Gasteiger partial charge on any atom is -0.196 e. The average Bonchev–Trinajstić information content (AvgIpc) is 2.46. The molecule has 20 heavy (non-hydrogen) atoms. The molecule has 0 radical (unpaired) electrons. The van der Waals surface area contributed by atoms with Crippen molar-refractivity contribution < 1.29 is 8.42 Å². The molecule has 1 aliphatic heterocycles. The van der Waals surface area contributed by atoms with Crippen LogP contribution < -0.4 is 4.72 Å². The number of nitrogens with one attached hydrogen (secondary N) is 1. The third-order valence-corrected chi connectivity index (χ3v) is 5.03. The van der Waals surface area contributed by atoms with Gasteiger partial charge < -0.3 is 0 Å². The van der Waals surface area contributed by atoms with Gasteiger partial charge in [0.15, 0.2) is 0 Å². The Labute approximate surface area is 120 Å². The van der Waals surface area contributed by atoms with Gasteiger partial charge in [-0.1, -0.05) is 37.3 Å². The molecule has 1 aromatic carbocycles. The van der Waals surface area contributed by atoms with E-state index < -0.39 is 16.3 Å². The highest BCUT2D eigenvalue weighted by molar-refractivity contribution is 7.87. The average molecular weight is 293 g/mol. The Bertz CT molecular complexity index is 580. The lowest BCUT2D eigenvalue weighted by Gasteiger charge is -2.30. The van der Waals surface area contributed by atoms with Crippen molar-refractivity contribution in [2.45, 2.75) is 25.8 Å². The van der Waals surface area contributed by atoms with Crippen molar-refractivity contribution in [3.05, 3.63) is 35.9 Å². The number of piperidine rings is 1. The van der Waals surface area contributed by atoms with E-state index in [2.05, 4.69) is 4.72 Å². The molecule has 0 aromatic heterocycles. The number of hydrogen-bond acceptors (Lipinski definition) is 3. The van der Waals surface area contributed by atoms with E-state index in [1.54, 1.807) is 24.3 Å². The predicted molar refractivity (Wildman–Crippen MR) is 76.8 cm³/mol. The molecule has 1 N–H and O–H groups in total. The molecule has 2 unspecified atom stereocenters. The maximum absolute atomic E-state index is 12.3. The van der Waals surface area contributed by atoms with Crippen molar-refractivity contribution in [1.29, 1.82) is 5.26 Å². The summed E-state index contributed by atoms with van der Waals surface area (Å²) >= 11 is 0. The highest BCUT2D eigenvalue weighted by atomic mass is 32.2. The molecule has 0 bridgehead atoms. The molecule has 0 aliphatic carbocycles. The number of hydrogen-bond donors (Lipinski definition) is 1. The second-order valence-electron chi connectivity index (χ2n) is 5.20. The summed E-state index contributed by atoms with van der Waals surface area (Å²) in [5.74, 6) is 0.359. The zero-order valence-corrected chi connectivity index (χ0v) is 12.3. The summed E-state index contributed by atoms with van der Waals surface area (Å²) in [6, 6.07) is 10.1. The molecule has 1 aromatic rings. The van der Waals surface area contributed by atoms with Gasteiger partial charge in [-0.3, -0.25) is 0 Å². The second-order valence-corrected chi connectivity index (χ2v) is 6.90. The van der Waals surface area contributed by atoms with Crippen molar-refractivity contribution in [2.24, 2.45) is 5.92 Å². The summed E-state index contributed by atoms with van der Waals surface area (Å²) < 4.78 is 28.6. The molecule has 6 heteroatoms. The molecular formula is C14H19N3O2S. The fourth-order valence-corrected chi connectivity index (χ4v) is 3.86. The maximum atomic E-state index is 12.3. The van der Waals surface area contributed by atoms with Crippen molar-refractivity contribution in [2.75, 3.05) is 13.1 Å². The molecule has 2 rings (SSSR count). The minimum atomic E-state index is -3.61. The lowest BCUT2D eigenvalue weighted by Crippen LogP contribution is -2.46. The second kappa shape index (κ2) is 6.35. The van der Waals surface area contributed by atoms with E-state index in [0.29, 0.717) is 24.6 Å². The number of nitrogens with zero attached hydrogens (tertiary/aromatic N) is 2. The number of rotatable bonds is 4. The molecule has 1 saturated heterocycles. The molecular weight excluding hydrogens is 274 g/mol. The third kappa shape index (κ3) is 3.57. The molecule has 1 heterocycles. The lowest BCUT2D eigenvalue weighted by molar-refractivity contribution is 0.277. The highest BCUT2D eigenvalue weighted by Crippen LogP contribution is 2.20. The molecule has 2 atom stereocenters. The van der Waals surface area contributed by atoms with Gasteiger partial charge in [0.2, 0.25) is 0 Å². The fourth-order valence-electron chi connectivity index (χ4n) is 2.40. The van der Waals surface area contributed by atoms with Crippen molar-refractivity contribution in [3.8, 4) is 6.07 Å². The molecule has 0 amide bonds. The Morgan fingerprint density at radius 3 is 2.70 bits per heavy atom. The molecule has 5 nitrogen and oxygen atoms in total. The highest BCUT2D eigenvalue weighted by Gasteiger charge is 2.29. The van der Waals surface area contributed by atoms with Crippen LogP contribution in [0, 0.1) is 17.2 Å². The van der Waals surface area contributed by atoms with Crippen LogP contribution in [0.3, 0.4) is 0 Å². The van der Waals surface area contributed by atoms with Gasteiger partial charge >= 0.3 is 0 Å². The monoisotopic (exact) mass is 293 g/mol. The maximum Gasteiger partial charge on any atom is 0.280 e. The Morgan fingerprint density at radius 2 is 2.10 bits per heavy atom. The van der Waals surface area contributed by atoms with Crippen LogP contribution in [0.15, 0.2) is 30.3 Å². The van der Waals surface area contributed by atoms with E-state index >= 15 is 0 Å². The van der Waals surface area contributed by atoms with Crippen LogP contribution in [0.4, 0.5) is 0 Å². The van der Waals surface area contributed by atoms with E-state index in [4.69, 9.17) is 0 Å². The Balaban J connectivity index is 2.12. The Kier molecular flexibility index (Phi) is 4.76. The van der Waals surface area contributed by atoms with E-state index in [-0.39, 0.29) is 0 Å². The first-order chi connectivity index (χ1) is 9.53. The lowest BCUT2D eigenvalue weighted by atomic mass is 10.0. The quantitative estimate of drug-likeness (QED) is 0.920. The van der Waals surface area contributed by atoms with Crippen LogP contribution >= 0.6 is 0 Å². The molecule has 108 valence electrons. The SMILES string of the molecule is CC1CCCN(S(=O)(=O)NC(C#N)c2ccccc2)C1. The predicted octanol–water partition coefficient (Wildman–Crippen LogP) is 1.82. The number of benzene rings is 1. The minimum absolute atomic E-state index is 0.359. The van der Waals surface area contributed by atoms with Gasteiger partial charge in [0.25, 0.3) is 10.2 Å². The topological polar surface area (TPSA) is 73.2 Å². The van der Waals surface area contributed by atoms with Gasteiger partial charge in [0, 0.05) is 13.1 Å². The van der Waals surface area contributed by atoms with Crippen molar-refractivity contribution in [3.63, 3.8) is 0 Å². The molecule has 0 spiro atoms. The summed E-state index contributed by atoms with van der Waals surface area (Å²) in [6.45, 7) is 3.08. The zero-order valence-electron chi connectivity index (χ0n) is 11.5. The van der Waals surface area contributed by atoms with Crippen molar-refractivity contribution in [1.82, 2.24) is 9.03 Å². The van der Waals surface area contributed by atoms with Gasteiger partial charge in [0.05, 0.1) is 6.07 Å². The third-order valence-electron chi connectivity index (χ3n) is 3.49. The van der Waals surface area contributed by atoms with Gasteiger partial charge in [-0.05, 0) is 24.3 Å². The van der Waals surface area contributed by atoms with Gasteiger partial charge in [-0.25, -0.2) is 0 Å². The normalized spacial score (nSPS) is 22.1. The first-order valence-corrected chi connectivity index (χ1v) is 8.19. The van der Waals surface area contributed by atoms with Gasteiger partial charge in [-0.2, -0.15) is 22.7 Å². The van der Waals surface area contributed by atoms with Crippen LogP contribution in [0.1, 0.15) is 31.4 Å². The summed E-state index contributed by atoms with van der Waals surface area (Å²) in [5, 5.41) is 9.20. The fraction of sp³-hybridized carbons (Fsp3) is 0.500. The first kappa shape index (κ1) is 15.0. The van der Waals surface area contributed by atoms with E-state index in [1.807, 2.05) is 19.1 Å². The first-order valence-electron chi connectivity index (χ1n) is 6.75. The van der Waals surface area contributed by atoms with Gasteiger partial charge in [0.1, 0.15) is 6.04 Å². The van der Waals surface area contributed by atoms with Crippen LogP contribution in [0.25, 0.3) is 0 Å². The van der Waals surface area contributed by atoms with Crippen LogP contribution in [-0.2, 0) is 10.2 Å². The molecule has 1 aliphatic rings. The summed E-state index contributed by atoms with van der Waals surface area (Å²) in [4.78, 5) is 0. The Hall–Kier alpha value is -1.42. The molecule has 1 fully saturated rings. The number of nitriles is 1. The van der Waals surface area contributed by atoms with E-state index in [9.17, 15) is 13.7 Å². The van der Waals surface area contributed by atoms with Crippen LogP contribution in [0.2, 0.25) is 0 Å². The smallest absolute Gasteiger partial charge is 0.196 e. The van der Waals surface area contributed by atoms with Gasteiger partial charge in [-0.15, -0.1) is 0 Å². The summed E-state index contributed by atoms with van der Waals surface area (Å²) in [5.41, 5.74) is 0.656. The standard InChI is InChI=1S/C14H19N3O2S/c1-12-6-5-9-17(11-12)20(18,19)16-14(10-15)13-7-3-2-4-8-13/h2-4,7-8,12,14,16H,5-6,9,11H2,1H3. The van der Waals surface area contributed by atoms with Crippen LogP contribution in [0.5, 0.6) is 0 Å². The Morgan fingerprint density at radius 1 is 1.40 bits per heavy atom. The zero-order chi connectivity index (χ0) is 14.6. The summed E-state index contributed by atoms with van der Waals surface area (Å²) in [7, 11) is -3.61. The van der Waals surface area contributed by atoms with Crippen LogP contribution in [-0.4, -0.2) is 25.8 Å². The van der Waals surface area contributed by atoms with E-state index in [0.717, 1.165) is 12.8 Å². The largest absolute Gasteiger partial charge is 0.280 e.